The van der Waals surface area contributed by atoms with Crippen LogP contribution < -0.4 is 10.0 Å². The summed E-state index contributed by atoms with van der Waals surface area (Å²) in [6.45, 7) is 5.40. The van der Waals surface area contributed by atoms with Crippen molar-refractivity contribution < 1.29 is 26.7 Å². The Balaban J connectivity index is 1.75. The van der Waals surface area contributed by atoms with Crippen LogP contribution in [0.3, 0.4) is 0 Å². The third kappa shape index (κ3) is 6.27. The maximum Gasteiger partial charge on any atom is 0.240 e. The number of nitrogens with one attached hydrogen (secondary N) is 2. The average Bonchev–Trinajstić information content (AvgIpc) is 2.57. The first-order valence-electron chi connectivity index (χ1n) is 8.32. The normalized spacial score (nSPS) is 17.0. The molecule has 1 atom stereocenters. The molecule has 1 unspecified atom stereocenters. The lowest BCUT2D eigenvalue weighted by Crippen LogP contribution is -2.46. The van der Waals surface area contributed by atoms with Gasteiger partial charge in [-0.15, -0.1) is 0 Å². The number of carbonyl (C=O) groups excluding carboxylic acids is 1. The van der Waals surface area contributed by atoms with Crippen LogP contribution in [0.15, 0.2) is 23.1 Å². The zero-order chi connectivity index (χ0) is 19.2. The zero-order valence-corrected chi connectivity index (χ0v) is 15.3. The van der Waals surface area contributed by atoms with Crippen LogP contribution in [0.25, 0.3) is 0 Å². The lowest BCUT2D eigenvalue weighted by Gasteiger charge is -2.29. The van der Waals surface area contributed by atoms with E-state index in [4.69, 9.17) is 4.74 Å². The van der Waals surface area contributed by atoms with Gasteiger partial charge in [-0.1, -0.05) is 0 Å². The molecule has 0 aromatic heterocycles. The number of amides is 1. The molecule has 0 spiro atoms. The Kier molecular flexibility index (Phi) is 7.44. The third-order valence-electron chi connectivity index (χ3n) is 3.89. The molecule has 26 heavy (non-hydrogen) atoms. The molecule has 0 bridgehead atoms. The van der Waals surface area contributed by atoms with Crippen molar-refractivity contribution in [3.63, 3.8) is 0 Å². The molecule has 146 valence electrons. The van der Waals surface area contributed by atoms with Crippen LogP contribution in [0.2, 0.25) is 0 Å². The highest BCUT2D eigenvalue weighted by Gasteiger charge is 2.18. The molecule has 2 N–H and O–H groups in total. The lowest BCUT2D eigenvalue weighted by atomic mass is 10.2. The molecule has 1 aromatic rings. The summed E-state index contributed by atoms with van der Waals surface area (Å²) in [7, 11) is -4.01. The van der Waals surface area contributed by atoms with Crippen molar-refractivity contribution in [1.29, 1.82) is 0 Å². The highest BCUT2D eigenvalue weighted by Crippen LogP contribution is 2.13. The highest BCUT2D eigenvalue weighted by atomic mass is 32.2. The summed E-state index contributed by atoms with van der Waals surface area (Å²) in [4.78, 5) is 13.7. The molecule has 1 aromatic carbocycles. The molecule has 1 amide bonds. The van der Waals surface area contributed by atoms with Gasteiger partial charge in [-0.2, -0.15) is 0 Å². The van der Waals surface area contributed by atoms with Crippen LogP contribution in [0.4, 0.5) is 8.78 Å². The number of ether oxygens (including phenoxy) is 1. The summed E-state index contributed by atoms with van der Waals surface area (Å²) in [5.41, 5.74) is 0. The zero-order valence-electron chi connectivity index (χ0n) is 14.5. The van der Waals surface area contributed by atoms with Crippen molar-refractivity contribution >= 4 is 15.9 Å². The first kappa shape index (κ1) is 20.7. The second-order valence-corrected chi connectivity index (χ2v) is 7.87. The summed E-state index contributed by atoms with van der Waals surface area (Å²) in [6, 6.07) is 2.22. The maximum absolute atomic E-state index is 13.2. The fraction of sp³-hybridized carbons (Fsp3) is 0.562. The largest absolute Gasteiger partial charge is 0.379 e. The van der Waals surface area contributed by atoms with Crippen molar-refractivity contribution in [2.75, 3.05) is 39.4 Å². The number of morpholine rings is 1. The van der Waals surface area contributed by atoms with E-state index >= 15 is 0 Å². The molecule has 7 nitrogen and oxygen atoms in total. The average molecular weight is 391 g/mol. The summed E-state index contributed by atoms with van der Waals surface area (Å²) >= 11 is 0. The van der Waals surface area contributed by atoms with Gasteiger partial charge in [0.2, 0.25) is 15.9 Å². The summed E-state index contributed by atoms with van der Waals surface area (Å²) < 4.78 is 57.5. The summed E-state index contributed by atoms with van der Waals surface area (Å²) in [5, 5.41) is 2.80. The topological polar surface area (TPSA) is 87.7 Å². The Bertz CT molecular complexity index is 724. The Labute approximate surface area is 151 Å². The number of sulfonamides is 1. The van der Waals surface area contributed by atoms with Gasteiger partial charge < -0.3 is 10.1 Å². The molecule has 1 saturated heterocycles. The monoisotopic (exact) mass is 391 g/mol. The number of hydrogen-bond donors (Lipinski definition) is 2. The molecule has 1 fully saturated rings. The number of rotatable bonds is 8. The third-order valence-corrected chi connectivity index (χ3v) is 5.35. The van der Waals surface area contributed by atoms with Crippen LogP contribution in [0.5, 0.6) is 0 Å². The van der Waals surface area contributed by atoms with Crippen molar-refractivity contribution in [2.45, 2.75) is 24.3 Å². The van der Waals surface area contributed by atoms with Crippen molar-refractivity contribution in [3.05, 3.63) is 29.8 Å². The Hall–Kier alpha value is -1.62. The van der Waals surface area contributed by atoms with Crippen LogP contribution in [0.1, 0.15) is 13.3 Å². The molecule has 0 saturated carbocycles. The predicted octanol–water partition coefficient (Wildman–Crippen LogP) is 0.470. The number of hydrogen-bond acceptors (Lipinski definition) is 5. The van der Waals surface area contributed by atoms with E-state index in [1.807, 2.05) is 6.92 Å². The van der Waals surface area contributed by atoms with Gasteiger partial charge in [0.25, 0.3) is 0 Å². The van der Waals surface area contributed by atoms with E-state index in [0.29, 0.717) is 25.8 Å². The minimum Gasteiger partial charge on any atom is -0.379 e. The fourth-order valence-corrected chi connectivity index (χ4v) is 3.63. The summed E-state index contributed by atoms with van der Waals surface area (Å²) in [6.07, 6.45) is -0.0592. The van der Waals surface area contributed by atoms with Crippen LogP contribution in [0, 0.1) is 11.6 Å². The lowest BCUT2D eigenvalue weighted by molar-refractivity contribution is -0.121. The van der Waals surface area contributed by atoms with E-state index in [-0.39, 0.29) is 24.9 Å². The van der Waals surface area contributed by atoms with E-state index < -0.39 is 26.6 Å². The van der Waals surface area contributed by atoms with E-state index in [1.54, 1.807) is 0 Å². The molecule has 10 heteroatoms. The summed E-state index contributed by atoms with van der Waals surface area (Å²) in [5.74, 6) is -2.67. The second kappa shape index (κ2) is 9.36. The Morgan fingerprint density at radius 2 is 1.96 bits per heavy atom. The minimum atomic E-state index is -4.01. The molecule has 1 aliphatic rings. The van der Waals surface area contributed by atoms with Gasteiger partial charge in [-0.3, -0.25) is 9.69 Å². The highest BCUT2D eigenvalue weighted by molar-refractivity contribution is 7.89. The molecule has 0 radical (unpaired) electrons. The molecule has 1 heterocycles. The molecule has 0 aliphatic carbocycles. The molecular weight excluding hydrogens is 368 g/mol. The second-order valence-electron chi connectivity index (χ2n) is 6.11. The van der Waals surface area contributed by atoms with Crippen LogP contribution in [-0.2, 0) is 19.6 Å². The van der Waals surface area contributed by atoms with E-state index in [9.17, 15) is 22.0 Å². The van der Waals surface area contributed by atoms with E-state index in [2.05, 4.69) is 14.9 Å². The van der Waals surface area contributed by atoms with Gasteiger partial charge in [-0.05, 0) is 25.1 Å². The van der Waals surface area contributed by atoms with Gasteiger partial charge in [-0.25, -0.2) is 21.9 Å². The maximum atomic E-state index is 13.2. The Morgan fingerprint density at radius 3 is 2.62 bits per heavy atom. The molecular formula is C16H23F2N3O4S. The van der Waals surface area contributed by atoms with Gasteiger partial charge in [0.05, 0.1) is 18.1 Å². The number of carbonyl (C=O) groups is 1. The first-order chi connectivity index (χ1) is 12.3. The standard InChI is InChI=1S/C16H23F2N3O4S/c1-12(11-21-6-8-25-9-7-21)20-16(22)4-5-19-26(23,24)13-2-3-14(17)15(18)10-13/h2-3,10,12,19H,4-9,11H2,1H3,(H,20,22). The SMILES string of the molecule is CC(CN1CCOCC1)NC(=O)CCNS(=O)(=O)c1ccc(F)c(F)c1. The van der Waals surface area contributed by atoms with Crippen LogP contribution in [-0.4, -0.2) is 64.7 Å². The quantitative estimate of drug-likeness (QED) is 0.673. The first-order valence-corrected chi connectivity index (χ1v) is 9.80. The number of benzene rings is 1. The van der Waals surface area contributed by atoms with Crippen LogP contribution >= 0.6 is 0 Å². The van der Waals surface area contributed by atoms with Crippen molar-refractivity contribution in [2.24, 2.45) is 0 Å². The molecule has 2 rings (SSSR count). The fourth-order valence-electron chi connectivity index (χ4n) is 2.59. The number of nitrogens with zero attached hydrogens (tertiary/aromatic N) is 1. The Morgan fingerprint density at radius 1 is 1.27 bits per heavy atom. The predicted molar refractivity (Wildman–Crippen MR) is 91.0 cm³/mol. The smallest absolute Gasteiger partial charge is 0.240 e. The van der Waals surface area contributed by atoms with Gasteiger partial charge in [0.15, 0.2) is 11.6 Å². The van der Waals surface area contributed by atoms with E-state index in [1.165, 1.54) is 0 Å². The minimum absolute atomic E-state index is 0.0592. The van der Waals surface area contributed by atoms with Gasteiger partial charge in [0.1, 0.15) is 0 Å². The van der Waals surface area contributed by atoms with Crippen molar-refractivity contribution in [1.82, 2.24) is 14.9 Å². The van der Waals surface area contributed by atoms with Gasteiger partial charge >= 0.3 is 0 Å². The number of halogens is 2. The molecule has 1 aliphatic heterocycles. The van der Waals surface area contributed by atoms with Gasteiger partial charge in [0, 0.05) is 38.6 Å². The van der Waals surface area contributed by atoms with Crippen molar-refractivity contribution in [3.8, 4) is 0 Å². The van der Waals surface area contributed by atoms with E-state index in [0.717, 1.165) is 25.2 Å².